The summed E-state index contributed by atoms with van der Waals surface area (Å²) in [5, 5.41) is 3.47. The minimum Gasteiger partial charge on any atom is -0.353 e. The number of thioether (sulfide) groups is 1. The van der Waals surface area contributed by atoms with Crippen LogP contribution in [0, 0.1) is 0 Å². The van der Waals surface area contributed by atoms with E-state index in [0.717, 1.165) is 37.2 Å². The van der Waals surface area contributed by atoms with Crippen LogP contribution >= 0.6 is 11.8 Å². The van der Waals surface area contributed by atoms with Gasteiger partial charge in [0.2, 0.25) is 0 Å². The fourth-order valence-corrected chi connectivity index (χ4v) is 3.46. The van der Waals surface area contributed by atoms with Gasteiger partial charge in [-0.1, -0.05) is 0 Å². The summed E-state index contributed by atoms with van der Waals surface area (Å²) in [5.74, 6) is 2.18. The van der Waals surface area contributed by atoms with Crippen molar-refractivity contribution in [2.75, 3.05) is 23.7 Å². The highest BCUT2D eigenvalue weighted by atomic mass is 32.2. The molecule has 19 heavy (non-hydrogen) atoms. The molecular formula is C14H22N4S. The zero-order valence-electron chi connectivity index (χ0n) is 11.7. The van der Waals surface area contributed by atoms with Gasteiger partial charge in [-0.2, -0.15) is 11.8 Å². The van der Waals surface area contributed by atoms with Crippen LogP contribution in [0.4, 0.5) is 5.82 Å². The van der Waals surface area contributed by atoms with Gasteiger partial charge in [0.25, 0.3) is 0 Å². The van der Waals surface area contributed by atoms with Crippen LogP contribution in [-0.2, 0) is 6.54 Å². The third-order valence-electron chi connectivity index (χ3n) is 3.59. The van der Waals surface area contributed by atoms with E-state index in [0.29, 0.717) is 4.75 Å². The average Bonchev–Trinajstić information content (AvgIpc) is 3.20. The van der Waals surface area contributed by atoms with Gasteiger partial charge in [0, 0.05) is 36.2 Å². The Hall–Kier alpha value is -0.810. The maximum absolute atomic E-state index is 4.58. The van der Waals surface area contributed by atoms with Gasteiger partial charge in [0.05, 0.1) is 18.1 Å². The van der Waals surface area contributed by atoms with Crippen molar-refractivity contribution >= 4 is 17.6 Å². The molecule has 1 aromatic heterocycles. The van der Waals surface area contributed by atoms with E-state index >= 15 is 0 Å². The van der Waals surface area contributed by atoms with Crippen molar-refractivity contribution in [2.24, 2.45) is 0 Å². The fraction of sp³-hybridized carbons (Fsp3) is 0.714. The third kappa shape index (κ3) is 3.60. The van der Waals surface area contributed by atoms with Crippen LogP contribution in [-0.4, -0.2) is 39.6 Å². The largest absolute Gasteiger partial charge is 0.353 e. The van der Waals surface area contributed by atoms with E-state index < -0.39 is 0 Å². The summed E-state index contributed by atoms with van der Waals surface area (Å²) in [5.41, 5.74) is 1.04. The van der Waals surface area contributed by atoms with E-state index in [-0.39, 0.29) is 0 Å². The number of hydrogen-bond donors (Lipinski definition) is 1. The lowest BCUT2D eigenvalue weighted by atomic mass is 10.2. The minimum atomic E-state index is 0.312. The fourth-order valence-electron chi connectivity index (χ4n) is 2.35. The molecule has 2 aliphatic rings. The zero-order chi connectivity index (χ0) is 13.3. The summed E-state index contributed by atoms with van der Waals surface area (Å²) in [6.45, 7) is 7.56. The molecule has 5 heteroatoms. The van der Waals surface area contributed by atoms with Crippen LogP contribution in [0.3, 0.4) is 0 Å². The van der Waals surface area contributed by atoms with E-state index in [1.165, 1.54) is 18.6 Å². The van der Waals surface area contributed by atoms with Crippen molar-refractivity contribution in [3.63, 3.8) is 0 Å². The molecule has 0 unspecified atom stereocenters. The van der Waals surface area contributed by atoms with Gasteiger partial charge in [-0.3, -0.25) is 4.98 Å². The van der Waals surface area contributed by atoms with Gasteiger partial charge >= 0.3 is 0 Å². The summed E-state index contributed by atoms with van der Waals surface area (Å²) in [7, 11) is 0. The van der Waals surface area contributed by atoms with E-state index in [4.69, 9.17) is 0 Å². The van der Waals surface area contributed by atoms with Crippen LogP contribution < -0.4 is 10.2 Å². The molecule has 0 bridgehead atoms. The first-order chi connectivity index (χ1) is 9.12. The zero-order valence-corrected chi connectivity index (χ0v) is 12.5. The molecule has 1 N–H and O–H groups in total. The lowest BCUT2D eigenvalue weighted by Crippen LogP contribution is -2.43. The SMILES string of the molecule is CC1(C)CN(c2cnc(CNC3CC3)cn2)CCS1. The molecule has 2 heterocycles. The Kier molecular flexibility index (Phi) is 3.67. The number of hydrogen-bond acceptors (Lipinski definition) is 5. The van der Waals surface area contributed by atoms with Crippen molar-refractivity contribution in [3.8, 4) is 0 Å². The van der Waals surface area contributed by atoms with Gasteiger partial charge in [-0.05, 0) is 26.7 Å². The van der Waals surface area contributed by atoms with Crippen molar-refractivity contribution in [1.82, 2.24) is 15.3 Å². The molecule has 4 nitrogen and oxygen atoms in total. The molecule has 104 valence electrons. The lowest BCUT2D eigenvalue weighted by Gasteiger charge is -2.38. The quantitative estimate of drug-likeness (QED) is 0.913. The first kappa shape index (κ1) is 13.2. The highest BCUT2D eigenvalue weighted by molar-refractivity contribution is 8.00. The highest BCUT2D eigenvalue weighted by Gasteiger charge is 2.27. The van der Waals surface area contributed by atoms with Crippen LogP contribution in [0.5, 0.6) is 0 Å². The number of aromatic nitrogens is 2. The third-order valence-corrected chi connectivity index (χ3v) is 4.89. The van der Waals surface area contributed by atoms with Crippen molar-refractivity contribution in [1.29, 1.82) is 0 Å². The average molecular weight is 278 g/mol. The Morgan fingerprint density at radius 1 is 1.37 bits per heavy atom. The molecule has 1 saturated heterocycles. The molecule has 1 aliphatic heterocycles. The highest BCUT2D eigenvalue weighted by Crippen LogP contribution is 2.31. The maximum Gasteiger partial charge on any atom is 0.147 e. The topological polar surface area (TPSA) is 41.1 Å². The molecule has 3 rings (SSSR count). The second-order valence-electron chi connectivity index (χ2n) is 6.05. The molecule has 0 aromatic carbocycles. The van der Waals surface area contributed by atoms with Gasteiger partial charge in [-0.25, -0.2) is 4.98 Å². The van der Waals surface area contributed by atoms with Crippen LogP contribution in [0.1, 0.15) is 32.4 Å². The molecule has 0 amide bonds. The number of nitrogens with zero attached hydrogens (tertiary/aromatic N) is 3. The van der Waals surface area contributed by atoms with Gasteiger partial charge in [-0.15, -0.1) is 0 Å². The second kappa shape index (κ2) is 5.29. The standard InChI is InChI=1S/C14H22N4S/c1-14(2)10-18(5-6-19-14)13-9-16-12(8-17-13)7-15-11-3-4-11/h8-9,11,15H,3-7,10H2,1-2H3. The Balaban J connectivity index is 1.61. The van der Waals surface area contributed by atoms with Crippen LogP contribution in [0.2, 0.25) is 0 Å². The van der Waals surface area contributed by atoms with Gasteiger partial charge in [0.15, 0.2) is 0 Å². The van der Waals surface area contributed by atoms with Crippen molar-refractivity contribution in [3.05, 3.63) is 18.1 Å². The van der Waals surface area contributed by atoms with E-state index in [2.05, 4.69) is 34.0 Å². The summed E-state index contributed by atoms with van der Waals surface area (Å²) < 4.78 is 0.312. The lowest BCUT2D eigenvalue weighted by molar-refractivity contribution is 0.637. The van der Waals surface area contributed by atoms with E-state index in [9.17, 15) is 0 Å². The first-order valence-corrected chi connectivity index (χ1v) is 8.04. The molecular weight excluding hydrogens is 256 g/mol. The molecule has 2 fully saturated rings. The molecule has 0 spiro atoms. The predicted octanol–water partition coefficient (Wildman–Crippen LogP) is 2.06. The van der Waals surface area contributed by atoms with Crippen molar-refractivity contribution < 1.29 is 0 Å². The molecule has 1 saturated carbocycles. The first-order valence-electron chi connectivity index (χ1n) is 7.06. The maximum atomic E-state index is 4.58. The number of anilines is 1. The molecule has 0 atom stereocenters. The smallest absolute Gasteiger partial charge is 0.147 e. The second-order valence-corrected chi connectivity index (χ2v) is 7.85. The number of rotatable bonds is 4. The summed E-state index contributed by atoms with van der Waals surface area (Å²) in [6.07, 6.45) is 6.47. The molecule has 1 aromatic rings. The van der Waals surface area contributed by atoms with E-state index in [1.54, 1.807) is 0 Å². The normalized spacial score (nSPS) is 22.5. The Bertz CT molecular complexity index is 428. The van der Waals surface area contributed by atoms with Gasteiger partial charge in [0.1, 0.15) is 5.82 Å². The predicted molar refractivity (Wildman–Crippen MR) is 80.6 cm³/mol. The molecule has 1 aliphatic carbocycles. The summed E-state index contributed by atoms with van der Waals surface area (Å²) in [6, 6.07) is 0.724. The summed E-state index contributed by atoms with van der Waals surface area (Å²) >= 11 is 2.04. The Morgan fingerprint density at radius 2 is 2.21 bits per heavy atom. The van der Waals surface area contributed by atoms with Crippen LogP contribution in [0.15, 0.2) is 12.4 Å². The Morgan fingerprint density at radius 3 is 2.84 bits per heavy atom. The monoisotopic (exact) mass is 278 g/mol. The molecule has 0 radical (unpaired) electrons. The van der Waals surface area contributed by atoms with Crippen LogP contribution in [0.25, 0.3) is 0 Å². The summed E-state index contributed by atoms with van der Waals surface area (Å²) in [4.78, 5) is 11.5. The van der Waals surface area contributed by atoms with Crippen molar-refractivity contribution in [2.45, 2.75) is 44.0 Å². The Labute approximate surface area is 119 Å². The van der Waals surface area contributed by atoms with E-state index in [1.807, 2.05) is 24.2 Å². The van der Waals surface area contributed by atoms with Gasteiger partial charge < -0.3 is 10.2 Å². The minimum absolute atomic E-state index is 0.312. The number of nitrogens with one attached hydrogen (secondary N) is 1.